The van der Waals surface area contributed by atoms with E-state index in [0.29, 0.717) is 25.3 Å². The van der Waals surface area contributed by atoms with Crippen LogP contribution in [0.15, 0.2) is 24.3 Å². The maximum absolute atomic E-state index is 12.9. The van der Waals surface area contributed by atoms with E-state index >= 15 is 0 Å². The molecule has 0 bridgehead atoms. The Morgan fingerprint density at radius 1 is 1.16 bits per heavy atom. The van der Waals surface area contributed by atoms with Crippen LogP contribution >= 0.6 is 0 Å². The Labute approximate surface area is 187 Å². The Balaban J connectivity index is 1.17. The number of carbonyl (C=O) groups is 1. The van der Waals surface area contributed by atoms with Crippen LogP contribution in [-0.4, -0.2) is 49.4 Å². The van der Waals surface area contributed by atoms with E-state index in [1.54, 1.807) is 6.07 Å². The summed E-state index contributed by atoms with van der Waals surface area (Å²) in [4.78, 5) is 14.2. The number of ether oxygens (including phenoxy) is 2. The van der Waals surface area contributed by atoms with Gasteiger partial charge in [-0.2, -0.15) is 13.2 Å². The molecule has 32 heavy (non-hydrogen) atoms. The summed E-state index contributed by atoms with van der Waals surface area (Å²) in [6.45, 7) is 3.40. The van der Waals surface area contributed by atoms with Crippen molar-refractivity contribution in [2.24, 2.45) is 5.41 Å². The maximum Gasteiger partial charge on any atom is 0.416 e. The van der Waals surface area contributed by atoms with E-state index in [1.165, 1.54) is 12.1 Å². The fourth-order valence-corrected chi connectivity index (χ4v) is 5.16. The van der Waals surface area contributed by atoms with Crippen molar-refractivity contribution in [3.63, 3.8) is 0 Å². The zero-order valence-electron chi connectivity index (χ0n) is 18.5. The van der Waals surface area contributed by atoms with E-state index in [2.05, 4.69) is 10.2 Å². The fourth-order valence-electron chi connectivity index (χ4n) is 5.16. The first-order valence-electron chi connectivity index (χ1n) is 11.8. The topological polar surface area (TPSA) is 50.8 Å². The van der Waals surface area contributed by atoms with Gasteiger partial charge in [-0.25, -0.2) is 4.79 Å². The molecule has 1 aromatic rings. The van der Waals surface area contributed by atoms with Gasteiger partial charge in [0.05, 0.1) is 18.3 Å². The van der Waals surface area contributed by atoms with Gasteiger partial charge in [-0.15, -0.1) is 0 Å². The van der Waals surface area contributed by atoms with Gasteiger partial charge in [-0.1, -0.05) is 18.2 Å². The number of alkyl halides is 3. The predicted octanol–water partition coefficient (Wildman–Crippen LogP) is 5.14. The molecular weight excluding hydrogens is 421 g/mol. The molecule has 2 aliphatic heterocycles. The first-order valence-corrected chi connectivity index (χ1v) is 11.8. The summed E-state index contributed by atoms with van der Waals surface area (Å²) in [5.41, 5.74) is 0.257. The average molecular weight is 455 g/mol. The molecule has 178 valence electrons. The monoisotopic (exact) mass is 454 g/mol. The third-order valence-electron chi connectivity index (χ3n) is 7.25. The van der Waals surface area contributed by atoms with Crippen molar-refractivity contribution in [3.05, 3.63) is 35.4 Å². The van der Waals surface area contributed by atoms with Crippen molar-refractivity contribution in [1.29, 1.82) is 0 Å². The molecule has 2 heterocycles. The lowest BCUT2D eigenvalue weighted by atomic mass is 9.73. The Morgan fingerprint density at radius 3 is 2.56 bits per heavy atom. The van der Waals surface area contributed by atoms with Crippen molar-refractivity contribution >= 4 is 6.09 Å². The lowest BCUT2D eigenvalue weighted by molar-refractivity contribution is -0.137. The molecule has 1 amide bonds. The second-order valence-corrected chi connectivity index (χ2v) is 9.64. The van der Waals surface area contributed by atoms with Crippen LogP contribution < -0.4 is 5.32 Å². The van der Waals surface area contributed by atoms with Crippen molar-refractivity contribution in [2.75, 3.05) is 26.2 Å². The van der Waals surface area contributed by atoms with Crippen LogP contribution in [0.1, 0.15) is 62.5 Å². The quantitative estimate of drug-likeness (QED) is 0.670. The van der Waals surface area contributed by atoms with Gasteiger partial charge in [-0.3, -0.25) is 4.90 Å². The highest BCUT2D eigenvalue weighted by Crippen LogP contribution is 2.41. The molecule has 4 rings (SSSR count). The van der Waals surface area contributed by atoms with Gasteiger partial charge in [0.15, 0.2) is 0 Å². The van der Waals surface area contributed by atoms with Crippen molar-refractivity contribution in [2.45, 2.75) is 76.3 Å². The van der Waals surface area contributed by atoms with Crippen LogP contribution in [0, 0.1) is 5.41 Å². The number of alkyl carbamates (subject to hydrolysis) is 1. The number of nitrogens with one attached hydrogen (secondary N) is 1. The van der Waals surface area contributed by atoms with Gasteiger partial charge in [0.1, 0.15) is 6.10 Å². The van der Waals surface area contributed by atoms with Crippen LogP contribution in [0.25, 0.3) is 0 Å². The SMILES string of the molecule is O=C(NCC1CCC2(CCN(Cc3cccc(C(F)(F)F)c3)CC2)CO1)OC1CCCC1. The molecule has 1 saturated carbocycles. The molecule has 1 N–H and O–H groups in total. The highest BCUT2D eigenvalue weighted by atomic mass is 19.4. The molecule has 5 nitrogen and oxygen atoms in total. The van der Waals surface area contributed by atoms with E-state index in [0.717, 1.165) is 70.5 Å². The Kier molecular flexibility index (Phi) is 7.30. The summed E-state index contributed by atoms with van der Waals surface area (Å²) in [6, 6.07) is 5.62. The van der Waals surface area contributed by atoms with Crippen LogP contribution in [0.4, 0.5) is 18.0 Å². The first-order chi connectivity index (χ1) is 15.3. The van der Waals surface area contributed by atoms with Crippen molar-refractivity contribution < 1.29 is 27.4 Å². The first kappa shape index (κ1) is 23.4. The van der Waals surface area contributed by atoms with Crippen LogP contribution in [0.5, 0.6) is 0 Å². The summed E-state index contributed by atoms with van der Waals surface area (Å²) in [5.74, 6) is 0. The van der Waals surface area contributed by atoms with Crippen molar-refractivity contribution in [1.82, 2.24) is 10.2 Å². The Bertz CT molecular complexity index is 762. The number of nitrogens with zero attached hydrogens (tertiary/aromatic N) is 1. The molecule has 1 aliphatic carbocycles. The standard InChI is InChI=1S/C24H33F3N2O3/c25-24(26,27)19-5-3-4-18(14-19)16-29-12-10-23(11-13-29)9-8-21(31-17-23)15-28-22(30)32-20-6-1-2-7-20/h3-5,14,20-21H,1-2,6-13,15-17H2,(H,28,30). The number of carbonyl (C=O) groups excluding carboxylic acids is 1. The number of halogens is 3. The van der Waals surface area contributed by atoms with E-state index in [4.69, 9.17) is 9.47 Å². The molecule has 3 fully saturated rings. The zero-order chi connectivity index (χ0) is 22.6. The Hall–Kier alpha value is -1.80. The molecule has 2 saturated heterocycles. The molecule has 1 aromatic carbocycles. The summed E-state index contributed by atoms with van der Waals surface area (Å²) < 4.78 is 50.4. The number of hydrogen-bond donors (Lipinski definition) is 1. The van der Waals surface area contributed by atoms with Crippen molar-refractivity contribution in [3.8, 4) is 0 Å². The van der Waals surface area contributed by atoms with Crippen LogP contribution in [0.3, 0.4) is 0 Å². The second kappa shape index (κ2) is 10.00. The summed E-state index contributed by atoms with van der Waals surface area (Å²) in [6.07, 6.45) is 3.51. The largest absolute Gasteiger partial charge is 0.446 e. The predicted molar refractivity (Wildman–Crippen MR) is 114 cm³/mol. The highest BCUT2D eigenvalue weighted by molar-refractivity contribution is 5.67. The summed E-state index contributed by atoms with van der Waals surface area (Å²) >= 11 is 0. The number of amides is 1. The van der Waals surface area contributed by atoms with E-state index in [-0.39, 0.29) is 23.7 Å². The number of hydrogen-bond acceptors (Lipinski definition) is 4. The van der Waals surface area contributed by atoms with Gasteiger partial charge in [0.25, 0.3) is 0 Å². The Morgan fingerprint density at radius 2 is 1.91 bits per heavy atom. The number of likely N-dealkylation sites (tertiary alicyclic amines) is 1. The zero-order valence-corrected chi connectivity index (χ0v) is 18.5. The van der Waals surface area contributed by atoms with Gasteiger partial charge in [-0.05, 0) is 81.5 Å². The molecular formula is C24H33F3N2O3. The van der Waals surface area contributed by atoms with Gasteiger partial charge < -0.3 is 14.8 Å². The molecule has 1 unspecified atom stereocenters. The lowest BCUT2D eigenvalue weighted by Crippen LogP contribution is -2.47. The molecule has 3 aliphatic rings. The number of benzene rings is 1. The van der Waals surface area contributed by atoms with Gasteiger partial charge >= 0.3 is 12.3 Å². The minimum atomic E-state index is -4.31. The molecule has 1 atom stereocenters. The minimum absolute atomic E-state index is 0.0138. The highest BCUT2D eigenvalue weighted by Gasteiger charge is 2.39. The fraction of sp³-hybridized carbons (Fsp3) is 0.708. The number of rotatable bonds is 5. The normalized spacial score (nSPS) is 24.5. The van der Waals surface area contributed by atoms with Crippen LogP contribution in [0.2, 0.25) is 0 Å². The van der Waals surface area contributed by atoms with E-state index in [9.17, 15) is 18.0 Å². The molecule has 0 radical (unpaired) electrons. The summed E-state index contributed by atoms with van der Waals surface area (Å²) in [7, 11) is 0. The molecule has 8 heteroatoms. The third kappa shape index (κ3) is 6.16. The third-order valence-corrected chi connectivity index (χ3v) is 7.25. The number of piperidine rings is 1. The molecule has 1 spiro atoms. The minimum Gasteiger partial charge on any atom is -0.446 e. The summed E-state index contributed by atoms with van der Waals surface area (Å²) in [5, 5.41) is 2.85. The van der Waals surface area contributed by atoms with Crippen LogP contribution in [-0.2, 0) is 22.2 Å². The molecule has 0 aromatic heterocycles. The van der Waals surface area contributed by atoms with Gasteiger partial charge in [0, 0.05) is 13.1 Å². The second-order valence-electron chi connectivity index (χ2n) is 9.64. The average Bonchev–Trinajstić information content (AvgIpc) is 3.28. The lowest BCUT2D eigenvalue weighted by Gasteiger charge is -2.45. The van der Waals surface area contributed by atoms with Gasteiger partial charge in [0.2, 0.25) is 0 Å². The maximum atomic E-state index is 12.9. The smallest absolute Gasteiger partial charge is 0.416 e. The van der Waals surface area contributed by atoms with E-state index in [1.807, 2.05) is 0 Å². The van der Waals surface area contributed by atoms with E-state index < -0.39 is 11.7 Å².